The molecule has 1 saturated heterocycles. The normalized spacial score (nSPS) is 18.8. The second kappa shape index (κ2) is 11.3. The number of benzene rings is 2. The number of alkyl halides is 6. The van der Waals surface area contributed by atoms with Crippen LogP contribution >= 0.6 is 0 Å². The van der Waals surface area contributed by atoms with Crippen molar-refractivity contribution in [3.05, 3.63) is 65.2 Å². The van der Waals surface area contributed by atoms with E-state index in [2.05, 4.69) is 15.5 Å². The largest absolute Gasteiger partial charge is 0.419 e. The Morgan fingerprint density at radius 1 is 1.10 bits per heavy atom. The van der Waals surface area contributed by atoms with Crippen LogP contribution in [0.2, 0.25) is 0 Å². The molecule has 2 aromatic carbocycles. The minimum atomic E-state index is -4.88. The molecule has 4 rings (SSSR count). The predicted octanol–water partition coefficient (Wildman–Crippen LogP) is 6.93. The molecular formula is C26H25F7N4O2. The Kier molecular flexibility index (Phi) is 8.28. The van der Waals surface area contributed by atoms with Crippen molar-refractivity contribution < 1.29 is 40.1 Å². The fraction of sp³-hybridized carbons (Fsp3) is 0.423. The fourth-order valence-electron chi connectivity index (χ4n) is 4.69. The molecule has 1 aromatic heterocycles. The number of piperidine rings is 1. The number of carbonyl (C=O) groups excluding carboxylic acids is 1. The molecule has 1 amide bonds. The van der Waals surface area contributed by atoms with Crippen LogP contribution in [-0.4, -0.2) is 33.5 Å². The van der Waals surface area contributed by atoms with E-state index in [1.165, 1.54) is 12.1 Å². The maximum Gasteiger partial charge on any atom is 0.419 e. The van der Waals surface area contributed by atoms with Gasteiger partial charge in [-0.25, -0.2) is 4.39 Å². The van der Waals surface area contributed by atoms with E-state index in [0.717, 1.165) is 31.0 Å². The van der Waals surface area contributed by atoms with E-state index in [9.17, 15) is 35.5 Å². The number of rotatable bonds is 7. The minimum absolute atomic E-state index is 0.0642. The van der Waals surface area contributed by atoms with Gasteiger partial charge >= 0.3 is 12.4 Å². The Balaban J connectivity index is 1.42. The molecule has 1 N–H and O–H groups in total. The first-order chi connectivity index (χ1) is 18.3. The number of aromatic nitrogens is 2. The van der Waals surface area contributed by atoms with Crippen LogP contribution in [0, 0.1) is 11.7 Å². The Labute approximate surface area is 219 Å². The third-order valence-electron chi connectivity index (χ3n) is 6.62. The van der Waals surface area contributed by atoms with Gasteiger partial charge in [0.1, 0.15) is 5.82 Å². The van der Waals surface area contributed by atoms with Crippen LogP contribution in [0.1, 0.15) is 49.6 Å². The summed E-state index contributed by atoms with van der Waals surface area (Å²) in [6.45, 7) is 2.65. The molecule has 39 heavy (non-hydrogen) atoms. The van der Waals surface area contributed by atoms with Crippen molar-refractivity contribution in [2.75, 3.05) is 11.9 Å². The summed E-state index contributed by atoms with van der Waals surface area (Å²) in [5.74, 6) is -2.16. The van der Waals surface area contributed by atoms with Gasteiger partial charge in [0, 0.05) is 23.2 Å². The number of hydrogen-bond acceptors (Lipinski definition) is 5. The number of anilines is 1. The van der Waals surface area contributed by atoms with Crippen molar-refractivity contribution in [2.45, 2.75) is 57.5 Å². The van der Waals surface area contributed by atoms with Crippen molar-refractivity contribution in [1.29, 1.82) is 0 Å². The molecule has 13 heteroatoms. The monoisotopic (exact) mass is 558 g/mol. The Morgan fingerprint density at radius 2 is 1.87 bits per heavy atom. The van der Waals surface area contributed by atoms with Gasteiger partial charge in [0.2, 0.25) is 5.91 Å². The van der Waals surface area contributed by atoms with E-state index in [1.54, 1.807) is 0 Å². The number of carbonyl (C=O) groups is 1. The Morgan fingerprint density at radius 3 is 2.56 bits per heavy atom. The van der Waals surface area contributed by atoms with Crippen LogP contribution < -0.4 is 5.32 Å². The topological polar surface area (TPSA) is 71.3 Å². The summed E-state index contributed by atoms with van der Waals surface area (Å²) < 4.78 is 96.9. The number of nitrogens with one attached hydrogen (secondary N) is 1. The summed E-state index contributed by atoms with van der Waals surface area (Å²) in [6.07, 6.45) is -6.99. The van der Waals surface area contributed by atoms with Crippen LogP contribution in [0.4, 0.5) is 36.4 Å². The van der Waals surface area contributed by atoms with Crippen LogP contribution in [0.5, 0.6) is 0 Å². The summed E-state index contributed by atoms with van der Waals surface area (Å²) in [5, 5.41) is 6.45. The van der Waals surface area contributed by atoms with E-state index < -0.39 is 35.2 Å². The van der Waals surface area contributed by atoms with Gasteiger partial charge in [-0.2, -0.15) is 31.3 Å². The first-order valence-corrected chi connectivity index (χ1v) is 12.3. The third-order valence-corrected chi connectivity index (χ3v) is 6.62. The quantitative estimate of drug-likeness (QED) is 0.319. The molecule has 2 atom stereocenters. The number of likely N-dealkylation sites (tertiary alicyclic amines) is 1. The van der Waals surface area contributed by atoms with Crippen molar-refractivity contribution in [3.8, 4) is 11.5 Å². The number of amides is 1. The molecule has 210 valence electrons. The zero-order valence-electron chi connectivity index (χ0n) is 20.7. The van der Waals surface area contributed by atoms with Gasteiger partial charge in [-0.3, -0.25) is 9.69 Å². The molecule has 1 aliphatic heterocycles. The molecule has 1 aliphatic rings. The highest BCUT2D eigenvalue weighted by atomic mass is 19.4. The summed E-state index contributed by atoms with van der Waals surface area (Å²) in [7, 11) is 0. The summed E-state index contributed by atoms with van der Waals surface area (Å²) >= 11 is 0. The lowest BCUT2D eigenvalue weighted by Crippen LogP contribution is -2.45. The molecule has 0 radical (unpaired) electrons. The summed E-state index contributed by atoms with van der Waals surface area (Å²) in [5.41, 5.74) is -2.29. The highest BCUT2D eigenvalue weighted by Gasteiger charge is 2.36. The predicted molar refractivity (Wildman–Crippen MR) is 127 cm³/mol. The number of hydrogen-bond donors (Lipinski definition) is 1. The van der Waals surface area contributed by atoms with Crippen LogP contribution in [0.15, 0.2) is 47.0 Å². The van der Waals surface area contributed by atoms with Crippen LogP contribution in [-0.2, 0) is 23.7 Å². The van der Waals surface area contributed by atoms with E-state index in [0.29, 0.717) is 31.5 Å². The second-order valence-corrected chi connectivity index (χ2v) is 9.41. The zero-order chi connectivity index (χ0) is 28.4. The van der Waals surface area contributed by atoms with Gasteiger partial charge in [-0.1, -0.05) is 24.6 Å². The van der Waals surface area contributed by atoms with Gasteiger partial charge in [-0.05, 0) is 62.2 Å². The molecule has 0 aliphatic carbocycles. The highest BCUT2D eigenvalue weighted by Crippen LogP contribution is 2.35. The summed E-state index contributed by atoms with van der Waals surface area (Å²) in [4.78, 5) is 19.1. The molecule has 2 heterocycles. The van der Waals surface area contributed by atoms with Crippen molar-refractivity contribution in [3.63, 3.8) is 0 Å². The lowest BCUT2D eigenvalue weighted by Gasteiger charge is -2.38. The highest BCUT2D eigenvalue weighted by molar-refractivity contribution is 5.92. The third kappa shape index (κ3) is 6.94. The van der Waals surface area contributed by atoms with Crippen LogP contribution in [0.25, 0.3) is 11.5 Å². The van der Waals surface area contributed by atoms with Gasteiger partial charge in [0.05, 0.1) is 17.7 Å². The molecular weight excluding hydrogens is 533 g/mol. The lowest BCUT2D eigenvalue weighted by atomic mass is 9.88. The molecule has 1 fully saturated rings. The summed E-state index contributed by atoms with van der Waals surface area (Å²) in [6, 6.07) is 6.81. The molecule has 0 spiro atoms. The standard InChI is InChI=1S/C26H25F7N4O2/c1-2-4-19-11-15(23(38)34-18-6-3-5-17(13-18)25(28,29)30)9-10-37(19)14-22-35-24(39-36-22)16-7-8-21(27)20(12-16)26(31,32)33/h3,5-8,12-13,15,19H,2,4,9-11,14H2,1H3,(H,34,38). The first-order valence-electron chi connectivity index (χ1n) is 12.3. The van der Waals surface area contributed by atoms with Crippen LogP contribution in [0.3, 0.4) is 0 Å². The molecule has 0 bridgehead atoms. The maximum atomic E-state index is 13.6. The van der Waals surface area contributed by atoms with Gasteiger partial charge < -0.3 is 9.84 Å². The SMILES string of the molecule is CCCC1CC(C(=O)Nc2cccc(C(F)(F)F)c2)CCN1Cc1noc(-c2ccc(F)c(C(F)(F)F)c2)n1. The van der Waals surface area contributed by atoms with Gasteiger partial charge in [0.15, 0.2) is 5.82 Å². The number of halogens is 7. The van der Waals surface area contributed by atoms with E-state index in [-0.39, 0.29) is 41.5 Å². The second-order valence-electron chi connectivity index (χ2n) is 9.41. The molecule has 6 nitrogen and oxygen atoms in total. The Hall–Kier alpha value is -3.48. The fourth-order valence-corrected chi connectivity index (χ4v) is 4.69. The van der Waals surface area contributed by atoms with Crippen molar-refractivity contribution >= 4 is 11.6 Å². The van der Waals surface area contributed by atoms with Gasteiger partial charge in [-0.15, -0.1) is 0 Å². The zero-order valence-corrected chi connectivity index (χ0v) is 20.7. The van der Waals surface area contributed by atoms with Gasteiger partial charge in [0.25, 0.3) is 5.89 Å². The molecule has 2 unspecified atom stereocenters. The molecule has 3 aromatic rings. The van der Waals surface area contributed by atoms with E-state index >= 15 is 0 Å². The van der Waals surface area contributed by atoms with Crippen molar-refractivity contribution in [1.82, 2.24) is 15.0 Å². The lowest BCUT2D eigenvalue weighted by molar-refractivity contribution is -0.140. The average molecular weight is 558 g/mol. The Bertz CT molecular complexity index is 1310. The van der Waals surface area contributed by atoms with Crippen molar-refractivity contribution in [2.24, 2.45) is 5.92 Å². The average Bonchev–Trinajstić information content (AvgIpc) is 3.33. The van der Waals surface area contributed by atoms with E-state index in [4.69, 9.17) is 4.52 Å². The maximum absolute atomic E-state index is 13.6. The molecule has 0 saturated carbocycles. The number of nitrogens with zero attached hydrogens (tertiary/aromatic N) is 3. The smallest absolute Gasteiger partial charge is 0.334 e. The first kappa shape index (κ1) is 28.5. The minimum Gasteiger partial charge on any atom is -0.334 e. The van der Waals surface area contributed by atoms with E-state index in [1.807, 2.05) is 11.8 Å².